The third-order valence-electron chi connectivity index (χ3n) is 3.08. The third kappa shape index (κ3) is 2.39. The van der Waals surface area contributed by atoms with Crippen LogP contribution in [0.25, 0.3) is 0 Å². The monoisotopic (exact) mass is 235 g/mol. The predicted molar refractivity (Wildman–Crippen MR) is 64.7 cm³/mol. The van der Waals surface area contributed by atoms with Gasteiger partial charge in [0.05, 0.1) is 18.2 Å². The van der Waals surface area contributed by atoms with Gasteiger partial charge in [0.15, 0.2) is 0 Å². The van der Waals surface area contributed by atoms with Crippen LogP contribution in [0.2, 0.25) is 0 Å². The second-order valence-electron chi connectivity index (χ2n) is 4.35. The van der Waals surface area contributed by atoms with E-state index in [0.717, 1.165) is 12.1 Å². The Bertz CT molecular complexity index is 428. The zero-order valence-corrected chi connectivity index (χ0v) is 10.1. The number of carbonyl (C=O) groups is 1. The summed E-state index contributed by atoms with van der Waals surface area (Å²) in [5, 5.41) is 0. The maximum absolute atomic E-state index is 12.2. The molecule has 1 saturated heterocycles. The van der Waals surface area contributed by atoms with E-state index >= 15 is 0 Å². The van der Waals surface area contributed by atoms with Crippen LogP contribution in [0, 0.1) is 6.92 Å². The van der Waals surface area contributed by atoms with Crippen molar-refractivity contribution in [1.29, 1.82) is 0 Å². The number of hydrogen-bond donors (Lipinski definition) is 1. The molecule has 0 saturated carbocycles. The van der Waals surface area contributed by atoms with Gasteiger partial charge in [0.1, 0.15) is 0 Å². The number of anilines is 1. The zero-order valence-electron chi connectivity index (χ0n) is 10.1. The second kappa shape index (κ2) is 4.71. The minimum atomic E-state index is -0.0921. The van der Waals surface area contributed by atoms with Gasteiger partial charge in [0.25, 0.3) is 5.91 Å². The standard InChI is InChI=1S/C12H17N3O2/c1-8-5-11(13)10(6-14-8)12(16)15(2)9-3-4-17-7-9/h5-6,9H,3-4,7H2,1-2H3,(H2,13,14). The molecule has 1 amide bonds. The lowest BCUT2D eigenvalue weighted by Gasteiger charge is -2.23. The maximum Gasteiger partial charge on any atom is 0.257 e. The first-order chi connectivity index (χ1) is 8.09. The third-order valence-corrected chi connectivity index (χ3v) is 3.08. The molecule has 1 unspecified atom stereocenters. The Hall–Kier alpha value is -1.62. The van der Waals surface area contributed by atoms with Crippen LogP contribution in [-0.2, 0) is 4.74 Å². The Kier molecular flexibility index (Phi) is 3.28. The van der Waals surface area contributed by atoms with Crippen molar-refractivity contribution in [3.05, 3.63) is 23.5 Å². The first-order valence-corrected chi connectivity index (χ1v) is 5.66. The number of ether oxygens (including phenoxy) is 1. The van der Waals surface area contributed by atoms with E-state index in [9.17, 15) is 4.79 Å². The van der Waals surface area contributed by atoms with Crippen molar-refractivity contribution < 1.29 is 9.53 Å². The number of nitrogens with zero attached hydrogens (tertiary/aromatic N) is 2. The molecule has 1 atom stereocenters. The summed E-state index contributed by atoms with van der Waals surface area (Å²) in [6, 6.07) is 1.86. The van der Waals surface area contributed by atoms with E-state index in [4.69, 9.17) is 10.5 Å². The fraction of sp³-hybridized carbons (Fsp3) is 0.500. The molecular weight excluding hydrogens is 218 g/mol. The number of carbonyl (C=O) groups excluding carboxylic acids is 1. The largest absolute Gasteiger partial charge is 0.398 e. The van der Waals surface area contributed by atoms with Crippen molar-refractivity contribution in [1.82, 2.24) is 9.88 Å². The SMILES string of the molecule is Cc1cc(N)c(C(=O)N(C)C2CCOC2)cn1. The number of nitrogen functional groups attached to an aromatic ring is 1. The predicted octanol–water partition coefficient (Wildman–Crippen LogP) is 0.833. The van der Waals surface area contributed by atoms with Gasteiger partial charge >= 0.3 is 0 Å². The van der Waals surface area contributed by atoms with E-state index in [1.54, 1.807) is 24.2 Å². The molecule has 0 aliphatic carbocycles. The summed E-state index contributed by atoms with van der Waals surface area (Å²) in [5.74, 6) is -0.0921. The van der Waals surface area contributed by atoms with Crippen LogP contribution >= 0.6 is 0 Å². The van der Waals surface area contributed by atoms with E-state index in [1.165, 1.54) is 0 Å². The van der Waals surface area contributed by atoms with Gasteiger partial charge in [-0.15, -0.1) is 0 Å². The van der Waals surface area contributed by atoms with Gasteiger partial charge < -0.3 is 15.4 Å². The number of rotatable bonds is 2. The summed E-state index contributed by atoms with van der Waals surface area (Å²) in [4.78, 5) is 18.0. The molecule has 1 aromatic rings. The van der Waals surface area contributed by atoms with Crippen molar-refractivity contribution in [2.24, 2.45) is 0 Å². The fourth-order valence-corrected chi connectivity index (χ4v) is 1.94. The highest BCUT2D eigenvalue weighted by molar-refractivity contribution is 5.98. The molecule has 2 N–H and O–H groups in total. The molecule has 5 nitrogen and oxygen atoms in total. The van der Waals surface area contributed by atoms with Gasteiger partial charge in [0.2, 0.25) is 0 Å². The highest BCUT2D eigenvalue weighted by Crippen LogP contribution is 2.17. The molecule has 0 aromatic carbocycles. The van der Waals surface area contributed by atoms with Crippen LogP contribution in [-0.4, -0.2) is 42.1 Å². The molecule has 5 heteroatoms. The van der Waals surface area contributed by atoms with E-state index in [0.29, 0.717) is 24.5 Å². The maximum atomic E-state index is 12.2. The van der Waals surface area contributed by atoms with Crippen molar-refractivity contribution in [2.45, 2.75) is 19.4 Å². The molecule has 2 rings (SSSR count). The van der Waals surface area contributed by atoms with Crippen LogP contribution in [0.4, 0.5) is 5.69 Å². The number of nitrogens with two attached hydrogens (primary N) is 1. The van der Waals surface area contributed by atoms with Gasteiger partial charge in [-0.3, -0.25) is 9.78 Å². The summed E-state index contributed by atoms with van der Waals surface area (Å²) in [5.41, 5.74) is 7.59. The molecule has 1 fully saturated rings. The number of aryl methyl sites for hydroxylation is 1. The van der Waals surface area contributed by atoms with Gasteiger partial charge in [-0.2, -0.15) is 0 Å². The Morgan fingerprint density at radius 3 is 3.00 bits per heavy atom. The summed E-state index contributed by atoms with van der Waals surface area (Å²) < 4.78 is 5.27. The van der Waals surface area contributed by atoms with E-state index in [2.05, 4.69) is 4.98 Å². The molecule has 2 heterocycles. The molecule has 1 aliphatic rings. The first kappa shape index (κ1) is 11.9. The average molecular weight is 235 g/mol. The van der Waals surface area contributed by atoms with Crippen LogP contribution in [0.15, 0.2) is 12.3 Å². The van der Waals surface area contributed by atoms with E-state index in [1.807, 2.05) is 6.92 Å². The number of pyridine rings is 1. The molecule has 0 bridgehead atoms. The van der Waals surface area contributed by atoms with Gasteiger partial charge in [0, 0.05) is 31.2 Å². The minimum absolute atomic E-state index is 0.0921. The van der Waals surface area contributed by atoms with Crippen molar-refractivity contribution in [3.63, 3.8) is 0 Å². The zero-order chi connectivity index (χ0) is 12.4. The topological polar surface area (TPSA) is 68.5 Å². The van der Waals surface area contributed by atoms with Crippen LogP contribution < -0.4 is 5.73 Å². The second-order valence-corrected chi connectivity index (χ2v) is 4.35. The Morgan fingerprint density at radius 1 is 1.65 bits per heavy atom. The first-order valence-electron chi connectivity index (χ1n) is 5.66. The number of aromatic nitrogens is 1. The normalized spacial score (nSPS) is 19.3. The van der Waals surface area contributed by atoms with Gasteiger partial charge in [-0.1, -0.05) is 0 Å². The van der Waals surface area contributed by atoms with Gasteiger partial charge in [-0.05, 0) is 19.4 Å². The summed E-state index contributed by atoms with van der Waals surface area (Å²) in [7, 11) is 1.78. The van der Waals surface area contributed by atoms with E-state index < -0.39 is 0 Å². The molecule has 92 valence electrons. The summed E-state index contributed by atoms with van der Waals surface area (Å²) >= 11 is 0. The Balaban J connectivity index is 2.18. The van der Waals surface area contributed by atoms with E-state index in [-0.39, 0.29) is 11.9 Å². The summed E-state index contributed by atoms with van der Waals surface area (Å²) in [6.07, 6.45) is 2.42. The van der Waals surface area contributed by atoms with Crippen molar-refractivity contribution >= 4 is 11.6 Å². The lowest BCUT2D eigenvalue weighted by molar-refractivity contribution is 0.0712. The molecule has 0 spiro atoms. The highest BCUT2D eigenvalue weighted by atomic mass is 16.5. The van der Waals surface area contributed by atoms with Crippen LogP contribution in [0.3, 0.4) is 0 Å². The number of hydrogen-bond acceptors (Lipinski definition) is 4. The quantitative estimate of drug-likeness (QED) is 0.824. The lowest BCUT2D eigenvalue weighted by Crippen LogP contribution is -2.37. The van der Waals surface area contributed by atoms with Crippen molar-refractivity contribution in [2.75, 3.05) is 26.0 Å². The minimum Gasteiger partial charge on any atom is -0.398 e. The number of amides is 1. The Labute approximate surface area is 101 Å². The van der Waals surface area contributed by atoms with Gasteiger partial charge in [-0.25, -0.2) is 0 Å². The molecule has 17 heavy (non-hydrogen) atoms. The molecule has 1 aromatic heterocycles. The molecule has 0 radical (unpaired) electrons. The van der Waals surface area contributed by atoms with Crippen LogP contribution in [0.1, 0.15) is 22.5 Å². The van der Waals surface area contributed by atoms with Crippen molar-refractivity contribution in [3.8, 4) is 0 Å². The highest BCUT2D eigenvalue weighted by Gasteiger charge is 2.26. The fourth-order valence-electron chi connectivity index (χ4n) is 1.94. The Morgan fingerprint density at radius 2 is 2.41 bits per heavy atom. The van der Waals surface area contributed by atoms with Crippen LogP contribution in [0.5, 0.6) is 0 Å². The molecule has 1 aliphatic heterocycles. The average Bonchev–Trinajstić information content (AvgIpc) is 2.80. The lowest BCUT2D eigenvalue weighted by atomic mass is 10.1. The smallest absolute Gasteiger partial charge is 0.257 e. The molecular formula is C12H17N3O2. The number of likely N-dealkylation sites (N-methyl/N-ethyl adjacent to an activating group) is 1. The summed E-state index contributed by atoms with van der Waals surface area (Å²) in [6.45, 7) is 3.16.